The summed E-state index contributed by atoms with van der Waals surface area (Å²) in [6.45, 7) is 2.01. The summed E-state index contributed by atoms with van der Waals surface area (Å²) in [5.41, 5.74) is 8.60. The van der Waals surface area contributed by atoms with E-state index in [1.807, 2.05) is 19.1 Å². The first-order valence-corrected chi connectivity index (χ1v) is 8.52. The number of fused-ring (bicyclic) bond motifs is 1. The van der Waals surface area contributed by atoms with Gasteiger partial charge in [0.15, 0.2) is 11.3 Å². The molecule has 0 atom stereocenters. The van der Waals surface area contributed by atoms with Gasteiger partial charge < -0.3 is 10.2 Å². The molecular weight excluding hydrogens is 274 g/mol. The predicted octanol–water partition coefficient (Wildman–Crippen LogP) is 4.40. The second-order valence-electron chi connectivity index (χ2n) is 6.54. The Labute approximate surface area is 131 Å². The molecule has 3 heteroatoms. The average molecular weight is 299 g/mol. The standard InChI is InChI=1S/C19H25NO2/c1-2-15-12-16-17(21)10-14(11-18(16)22-19(15)20)9-8-13-6-4-3-5-7-13/h10-13H,2-9,20H2,1H3. The lowest BCUT2D eigenvalue weighted by atomic mass is 9.85. The van der Waals surface area contributed by atoms with Gasteiger partial charge in [-0.25, -0.2) is 0 Å². The van der Waals surface area contributed by atoms with Gasteiger partial charge in [-0.1, -0.05) is 39.0 Å². The van der Waals surface area contributed by atoms with Crippen LogP contribution in [0.1, 0.15) is 56.6 Å². The second kappa shape index (κ2) is 6.55. The molecule has 0 spiro atoms. The lowest BCUT2D eigenvalue weighted by molar-refractivity contribution is 0.339. The van der Waals surface area contributed by atoms with Crippen LogP contribution in [0.5, 0.6) is 0 Å². The molecule has 1 heterocycles. The Hall–Kier alpha value is -1.77. The van der Waals surface area contributed by atoms with Crippen molar-refractivity contribution >= 4 is 5.88 Å². The highest BCUT2D eigenvalue weighted by molar-refractivity contribution is 5.63. The zero-order valence-electron chi connectivity index (χ0n) is 13.4. The van der Waals surface area contributed by atoms with E-state index in [1.54, 1.807) is 6.07 Å². The molecule has 3 aliphatic rings. The van der Waals surface area contributed by atoms with Gasteiger partial charge >= 0.3 is 0 Å². The molecule has 0 radical (unpaired) electrons. The van der Waals surface area contributed by atoms with Crippen LogP contribution in [0.15, 0.2) is 27.4 Å². The minimum Gasteiger partial charge on any atom is -0.441 e. The van der Waals surface area contributed by atoms with E-state index in [0.29, 0.717) is 17.2 Å². The SMILES string of the molecule is CCc1cc2c(=O)cc(CCC3CCCCC3)cc-2oc1N. The Morgan fingerprint density at radius 2 is 1.95 bits per heavy atom. The van der Waals surface area contributed by atoms with E-state index in [0.717, 1.165) is 29.9 Å². The number of hydrogen-bond donors (Lipinski definition) is 1. The van der Waals surface area contributed by atoms with Crippen LogP contribution >= 0.6 is 0 Å². The smallest absolute Gasteiger partial charge is 0.194 e. The van der Waals surface area contributed by atoms with Gasteiger partial charge in [0, 0.05) is 5.56 Å². The first-order valence-electron chi connectivity index (χ1n) is 8.52. The number of benzene rings is 1. The maximum atomic E-state index is 12.3. The van der Waals surface area contributed by atoms with E-state index >= 15 is 0 Å². The van der Waals surface area contributed by atoms with Crippen molar-refractivity contribution < 1.29 is 4.42 Å². The van der Waals surface area contributed by atoms with Crippen molar-refractivity contribution in [2.24, 2.45) is 5.92 Å². The number of nitrogens with two attached hydrogens (primary N) is 1. The molecule has 0 saturated heterocycles. The third kappa shape index (κ3) is 3.18. The van der Waals surface area contributed by atoms with Crippen molar-refractivity contribution in [1.82, 2.24) is 0 Å². The third-order valence-corrected chi connectivity index (χ3v) is 4.97. The van der Waals surface area contributed by atoms with Crippen LogP contribution < -0.4 is 11.2 Å². The number of hydrogen-bond acceptors (Lipinski definition) is 3. The average Bonchev–Trinajstić information content (AvgIpc) is 2.53. The molecule has 1 saturated carbocycles. The number of aryl methyl sites for hydroxylation is 2. The summed E-state index contributed by atoms with van der Waals surface area (Å²) in [5, 5.41) is 0. The number of rotatable bonds is 4. The molecule has 0 bridgehead atoms. The van der Waals surface area contributed by atoms with Crippen LogP contribution in [0.3, 0.4) is 0 Å². The lowest BCUT2D eigenvalue weighted by Gasteiger charge is -2.21. The topological polar surface area (TPSA) is 56.2 Å². The van der Waals surface area contributed by atoms with E-state index in [2.05, 4.69) is 0 Å². The molecule has 0 unspecified atom stereocenters. The Morgan fingerprint density at radius 1 is 1.18 bits per heavy atom. The fraction of sp³-hybridized carbons (Fsp3) is 0.526. The summed E-state index contributed by atoms with van der Waals surface area (Å²) in [6, 6.07) is 5.65. The van der Waals surface area contributed by atoms with Gasteiger partial charge in [0.2, 0.25) is 0 Å². The van der Waals surface area contributed by atoms with Crippen molar-refractivity contribution in [2.45, 2.75) is 58.3 Å². The molecule has 0 aromatic carbocycles. The Balaban J connectivity index is 1.82. The highest BCUT2D eigenvalue weighted by atomic mass is 16.3. The first-order chi connectivity index (χ1) is 10.7. The van der Waals surface area contributed by atoms with E-state index < -0.39 is 0 Å². The number of anilines is 1. The van der Waals surface area contributed by atoms with E-state index in [-0.39, 0.29) is 5.43 Å². The second-order valence-corrected chi connectivity index (χ2v) is 6.54. The van der Waals surface area contributed by atoms with Gasteiger partial charge in [0.05, 0.1) is 5.56 Å². The molecule has 1 aliphatic heterocycles. The summed E-state index contributed by atoms with van der Waals surface area (Å²) in [5.74, 6) is 1.88. The largest absolute Gasteiger partial charge is 0.441 e. The van der Waals surface area contributed by atoms with Crippen LogP contribution in [0, 0.1) is 5.92 Å². The Morgan fingerprint density at radius 3 is 2.68 bits per heavy atom. The summed E-state index contributed by atoms with van der Waals surface area (Å²) in [7, 11) is 0. The van der Waals surface area contributed by atoms with Gasteiger partial charge in [0.1, 0.15) is 5.76 Å². The molecule has 0 aromatic rings. The van der Waals surface area contributed by atoms with Gasteiger partial charge in [-0.15, -0.1) is 0 Å². The molecule has 3 nitrogen and oxygen atoms in total. The van der Waals surface area contributed by atoms with Crippen molar-refractivity contribution in [2.75, 3.05) is 5.73 Å². The van der Waals surface area contributed by atoms with Gasteiger partial charge in [-0.3, -0.25) is 4.79 Å². The predicted molar refractivity (Wildman–Crippen MR) is 90.3 cm³/mol. The first kappa shape index (κ1) is 15.1. The minimum atomic E-state index is 0.0506. The monoisotopic (exact) mass is 299 g/mol. The van der Waals surface area contributed by atoms with Crippen LogP contribution in [-0.4, -0.2) is 0 Å². The summed E-state index contributed by atoms with van der Waals surface area (Å²) < 4.78 is 5.67. The zero-order valence-corrected chi connectivity index (χ0v) is 13.4. The maximum Gasteiger partial charge on any atom is 0.194 e. The molecule has 1 fully saturated rings. The highest BCUT2D eigenvalue weighted by Crippen LogP contribution is 2.29. The van der Waals surface area contributed by atoms with Crippen LogP contribution in [0.25, 0.3) is 11.3 Å². The van der Waals surface area contributed by atoms with Crippen LogP contribution in [-0.2, 0) is 12.8 Å². The van der Waals surface area contributed by atoms with Gasteiger partial charge in [-0.2, -0.15) is 0 Å². The Bertz CT molecular complexity index is 668. The van der Waals surface area contributed by atoms with Crippen molar-refractivity contribution in [3.8, 4) is 11.3 Å². The molecule has 3 rings (SSSR count). The maximum absolute atomic E-state index is 12.3. The quantitative estimate of drug-likeness (QED) is 0.910. The highest BCUT2D eigenvalue weighted by Gasteiger charge is 2.16. The molecule has 118 valence electrons. The van der Waals surface area contributed by atoms with Gasteiger partial charge in [-0.05, 0) is 48.9 Å². The van der Waals surface area contributed by atoms with E-state index in [1.165, 1.54) is 38.5 Å². The van der Waals surface area contributed by atoms with Crippen LogP contribution in [0.2, 0.25) is 0 Å². The third-order valence-electron chi connectivity index (χ3n) is 4.97. The fourth-order valence-electron chi connectivity index (χ4n) is 3.58. The molecule has 2 aliphatic carbocycles. The summed E-state index contributed by atoms with van der Waals surface area (Å²) in [4.78, 5) is 12.3. The van der Waals surface area contributed by atoms with E-state index in [9.17, 15) is 4.79 Å². The molecule has 0 amide bonds. The van der Waals surface area contributed by atoms with E-state index in [4.69, 9.17) is 10.2 Å². The van der Waals surface area contributed by atoms with Crippen molar-refractivity contribution in [3.05, 3.63) is 39.5 Å². The normalized spacial score (nSPS) is 16.2. The molecule has 22 heavy (non-hydrogen) atoms. The van der Waals surface area contributed by atoms with Crippen molar-refractivity contribution in [3.63, 3.8) is 0 Å². The number of nitrogen functional groups attached to an aromatic ring is 1. The lowest BCUT2D eigenvalue weighted by Crippen LogP contribution is -2.11. The molecular formula is C19H25NO2. The Kier molecular flexibility index (Phi) is 4.51. The fourth-order valence-corrected chi connectivity index (χ4v) is 3.58. The zero-order chi connectivity index (χ0) is 15.5. The van der Waals surface area contributed by atoms with Gasteiger partial charge in [0.25, 0.3) is 0 Å². The summed E-state index contributed by atoms with van der Waals surface area (Å²) in [6.07, 6.45) is 9.70. The molecule has 2 N–H and O–H groups in total. The molecule has 0 aromatic heterocycles. The minimum absolute atomic E-state index is 0.0506. The van der Waals surface area contributed by atoms with Crippen molar-refractivity contribution in [1.29, 1.82) is 0 Å². The van der Waals surface area contributed by atoms with Crippen LogP contribution in [0.4, 0.5) is 5.88 Å². The summed E-state index contributed by atoms with van der Waals surface area (Å²) >= 11 is 0.